The van der Waals surface area contributed by atoms with Gasteiger partial charge in [-0.3, -0.25) is 4.74 Å². The van der Waals surface area contributed by atoms with Crippen LogP contribution in [0, 0.1) is 5.21 Å². The van der Waals surface area contributed by atoms with E-state index >= 15 is 0 Å². The molecule has 0 bridgehead atoms. The van der Waals surface area contributed by atoms with E-state index in [1.807, 2.05) is 18.2 Å². The van der Waals surface area contributed by atoms with Crippen LogP contribution >= 0.6 is 0 Å². The van der Waals surface area contributed by atoms with Crippen molar-refractivity contribution in [1.82, 2.24) is 5.06 Å². The van der Waals surface area contributed by atoms with Crippen LogP contribution in [0.4, 0.5) is 0 Å². The van der Waals surface area contributed by atoms with Gasteiger partial charge in [-0.1, -0.05) is 38.0 Å². The first kappa shape index (κ1) is 26.8. The van der Waals surface area contributed by atoms with Crippen LogP contribution in [0.1, 0.15) is 59.6 Å². The van der Waals surface area contributed by atoms with Crippen molar-refractivity contribution in [3.63, 3.8) is 0 Å². The number of nitrogens with zero attached hydrogens (tertiary/aromatic N) is 2. The van der Waals surface area contributed by atoms with E-state index in [9.17, 15) is 10.4 Å². The quantitative estimate of drug-likeness (QED) is 0.294. The first-order chi connectivity index (χ1) is 16.3. The molecule has 0 atom stereocenters. The van der Waals surface area contributed by atoms with E-state index in [0.29, 0.717) is 17.1 Å². The first-order valence-corrected chi connectivity index (χ1v) is 11.6. The van der Waals surface area contributed by atoms with E-state index < -0.39 is 11.1 Å². The van der Waals surface area contributed by atoms with Crippen LogP contribution in [-0.4, -0.2) is 54.5 Å². The topological polar surface area (TPSA) is 86.1 Å². The molecule has 8 heteroatoms. The SMILES string of the molecule is COCOc1cc(-c2ccc(C3=[N+]([O-])C(C)(C)C(C)(C)N3[O])cc2)cc(C(C)(C)C)c1OCOC. The molecule has 0 amide bonds. The molecule has 0 unspecified atom stereocenters. The maximum atomic E-state index is 13.0. The molecule has 0 saturated heterocycles. The molecule has 1 radical (unpaired) electrons. The number of benzene rings is 2. The Hall–Kier alpha value is -2.81. The summed E-state index contributed by atoms with van der Waals surface area (Å²) in [6.45, 7) is 13.6. The largest absolute Gasteiger partial charge is 0.714 e. The molecule has 0 spiro atoms. The predicted octanol–water partition coefficient (Wildman–Crippen LogP) is 5.09. The highest BCUT2D eigenvalue weighted by Gasteiger charge is 2.59. The Morgan fingerprint density at radius 2 is 1.43 bits per heavy atom. The van der Waals surface area contributed by atoms with Crippen molar-refractivity contribution in [1.29, 1.82) is 0 Å². The zero-order valence-electron chi connectivity index (χ0n) is 22.2. The third-order valence-electron chi connectivity index (χ3n) is 6.89. The summed E-state index contributed by atoms with van der Waals surface area (Å²) in [6.07, 6.45) is 0. The van der Waals surface area contributed by atoms with Gasteiger partial charge in [0.05, 0.1) is 5.56 Å². The Labute approximate surface area is 208 Å². The normalized spacial score (nSPS) is 17.1. The van der Waals surface area contributed by atoms with E-state index in [2.05, 4.69) is 26.8 Å². The summed E-state index contributed by atoms with van der Waals surface area (Å²) in [7, 11) is 3.13. The zero-order chi connectivity index (χ0) is 26.2. The van der Waals surface area contributed by atoms with Crippen molar-refractivity contribution in [2.24, 2.45) is 0 Å². The predicted molar refractivity (Wildman–Crippen MR) is 134 cm³/mol. The van der Waals surface area contributed by atoms with Crippen LogP contribution in [0.25, 0.3) is 11.1 Å². The van der Waals surface area contributed by atoms with Crippen LogP contribution < -0.4 is 9.47 Å². The van der Waals surface area contributed by atoms with Crippen molar-refractivity contribution >= 4 is 5.84 Å². The Kier molecular flexibility index (Phi) is 7.41. The molecular formula is C27H37N2O6. The van der Waals surface area contributed by atoms with Crippen molar-refractivity contribution in [3.05, 3.63) is 52.7 Å². The molecule has 191 valence electrons. The van der Waals surface area contributed by atoms with Gasteiger partial charge in [0, 0.05) is 25.0 Å². The lowest BCUT2D eigenvalue weighted by Crippen LogP contribution is -2.53. The standard InChI is InChI=1S/C27H37N2O6/c1-25(2,3)21-14-20(15-22(34-16-32-8)23(21)35-17-33-9)18-10-12-19(13-11-18)24-28(30)26(4,5)27(6,7)29(24)31/h10-15H,16-17H2,1-9H3. The molecule has 0 aromatic heterocycles. The van der Waals surface area contributed by atoms with Gasteiger partial charge in [0.25, 0.3) is 0 Å². The van der Waals surface area contributed by atoms with E-state index in [1.54, 1.807) is 54.0 Å². The Morgan fingerprint density at radius 1 is 0.886 bits per heavy atom. The summed E-state index contributed by atoms with van der Waals surface area (Å²) in [5.41, 5.74) is 1.37. The van der Waals surface area contributed by atoms with Gasteiger partial charge in [0.1, 0.15) is 5.54 Å². The molecule has 1 aliphatic heterocycles. The highest BCUT2D eigenvalue weighted by atomic mass is 16.7. The number of methoxy groups -OCH3 is 2. The molecule has 35 heavy (non-hydrogen) atoms. The number of hydrogen-bond acceptors (Lipinski definition) is 6. The molecule has 0 aliphatic carbocycles. The van der Waals surface area contributed by atoms with E-state index in [0.717, 1.165) is 26.5 Å². The van der Waals surface area contributed by atoms with Crippen LogP contribution in [-0.2, 0) is 20.1 Å². The van der Waals surface area contributed by atoms with Gasteiger partial charge >= 0.3 is 5.84 Å². The zero-order valence-corrected chi connectivity index (χ0v) is 22.2. The fraction of sp³-hybridized carbons (Fsp3) is 0.519. The smallest absolute Gasteiger partial charge is 0.316 e. The summed E-state index contributed by atoms with van der Waals surface area (Å²) < 4.78 is 22.8. The van der Waals surface area contributed by atoms with Crippen molar-refractivity contribution in [2.75, 3.05) is 27.8 Å². The fourth-order valence-corrected chi connectivity index (χ4v) is 3.98. The van der Waals surface area contributed by atoms with E-state index in [1.165, 1.54) is 0 Å². The van der Waals surface area contributed by atoms with E-state index in [-0.39, 0.29) is 24.8 Å². The number of amidine groups is 1. The average molecular weight is 486 g/mol. The van der Waals surface area contributed by atoms with Gasteiger partial charge in [0.15, 0.2) is 30.6 Å². The second kappa shape index (κ2) is 9.68. The Bertz CT molecular complexity index is 1080. The summed E-state index contributed by atoms with van der Waals surface area (Å²) in [6, 6.07) is 11.4. The minimum absolute atomic E-state index is 0.0673. The first-order valence-electron chi connectivity index (χ1n) is 11.6. The molecule has 0 fully saturated rings. The highest BCUT2D eigenvalue weighted by Crippen LogP contribution is 2.43. The highest BCUT2D eigenvalue weighted by molar-refractivity contribution is 5.96. The minimum Gasteiger partial charge on any atom is -0.714 e. The van der Waals surface area contributed by atoms with E-state index in [4.69, 9.17) is 18.9 Å². The fourth-order valence-electron chi connectivity index (χ4n) is 3.98. The van der Waals surface area contributed by atoms with Crippen molar-refractivity contribution in [3.8, 4) is 22.6 Å². The molecule has 8 nitrogen and oxygen atoms in total. The lowest BCUT2D eigenvalue weighted by molar-refractivity contribution is -0.539. The second-order valence-electron chi connectivity index (χ2n) is 10.8. The molecule has 1 heterocycles. The maximum absolute atomic E-state index is 13.0. The van der Waals surface area contributed by atoms with Gasteiger partial charge in [-0.2, -0.15) is 0 Å². The molecule has 0 saturated carbocycles. The minimum atomic E-state index is -0.865. The van der Waals surface area contributed by atoms with Gasteiger partial charge in [-0.25, -0.2) is 0 Å². The third-order valence-corrected chi connectivity index (χ3v) is 6.89. The van der Waals surface area contributed by atoms with Crippen molar-refractivity contribution < 1.29 is 28.9 Å². The molecule has 0 N–H and O–H groups in total. The number of ether oxygens (including phenoxy) is 4. The van der Waals surface area contributed by atoms with Crippen LogP contribution in [0.2, 0.25) is 0 Å². The van der Waals surface area contributed by atoms with Gasteiger partial charge in [-0.15, -0.1) is 0 Å². The number of hydroxylamine groups is 3. The molecular weight excluding hydrogens is 448 g/mol. The monoisotopic (exact) mass is 485 g/mol. The second-order valence-corrected chi connectivity index (χ2v) is 10.8. The summed E-state index contributed by atoms with van der Waals surface area (Å²) in [5, 5.41) is 26.9. The van der Waals surface area contributed by atoms with Gasteiger partial charge in [0.2, 0.25) is 0 Å². The summed E-state index contributed by atoms with van der Waals surface area (Å²) in [4.78, 5) is 0. The van der Waals surface area contributed by atoms with Crippen LogP contribution in [0.15, 0.2) is 36.4 Å². The van der Waals surface area contributed by atoms with Gasteiger partial charge in [-0.05, 0) is 68.5 Å². The number of rotatable bonds is 8. The maximum Gasteiger partial charge on any atom is 0.316 e. The summed E-state index contributed by atoms with van der Waals surface area (Å²) in [5.74, 6) is 1.27. The number of hydrogen-bond donors (Lipinski definition) is 0. The lowest BCUT2D eigenvalue weighted by atomic mass is 9.84. The average Bonchev–Trinajstić information content (AvgIpc) is 2.91. The Morgan fingerprint density at radius 3 is 1.91 bits per heavy atom. The van der Waals surface area contributed by atoms with Gasteiger partial charge < -0.3 is 24.2 Å². The molecule has 2 aromatic rings. The Balaban J connectivity index is 2.08. The molecule has 2 aromatic carbocycles. The van der Waals surface area contributed by atoms with Crippen LogP contribution in [0.3, 0.4) is 0 Å². The van der Waals surface area contributed by atoms with Crippen LogP contribution in [0.5, 0.6) is 11.5 Å². The lowest BCUT2D eigenvalue weighted by Gasteiger charge is -2.32. The summed E-state index contributed by atoms with van der Waals surface area (Å²) >= 11 is 0. The molecule has 1 aliphatic rings. The van der Waals surface area contributed by atoms with Crippen molar-refractivity contribution in [2.45, 2.75) is 65.0 Å². The molecule has 3 rings (SSSR count). The third kappa shape index (κ3) is 4.83.